The van der Waals surface area contributed by atoms with Gasteiger partial charge in [-0.2, -0.15) is 0 Å². The second-order valence-corrected chi connectivity index (χ2v) is 8.27. The average Bonchev–Trinajstić information content (AvgIpc) is 3.41. The van der Waals surface area contributed by atoms with E-state index in [0.717, 1.165) is 24.4 Å². The van der Waals surface area contributed by atoms with Crippen LogP contribution >= 0.6 is 11.3 Å². The monoisotopic (exact) mass is 411 g/mol. The maximum Gasteiger partial charge on any atom is 0.338 e. The molecule has 4 rings (SSSR count). The third-order valence-corrected chi connectivity index (χ3v) is 6.34. The number of rotatable bonds is 6. The molecule has 1 fully saturated rings. The molecule has 29 heavy (non-hydrogen) atoms. The zero-order valence-electron chi connectivity index (χ0n) is 16.4. The normalized spacial score (nSPS) is 22.3. The minimum absolute atomic E-state index is 0.287. The topological polar surface area (TPSA) is 70.7 Å². The molecule has 0 aliphatic carbocycles. The van der Waals surface area contributed by atoms with E-state index in [1.54, 1.807) is 6.92 Å². The zero-order valence-corrected chi connectivity index (χ0v) is 17.2. The number of benzene rings is 1. The molecule has 0 saturated carbocycles. The highest BCUT2D eigenvalue weighted by molar-refractivity contribution is 7.10. The summed E-state index contributed by atoms with van der Waals surface area (Å²) in [6.45, 7) is 4.42. The first-order valence-electron chi connectivity index (χ1n) is 9.94. The van der Waals surface area contributed by atoms with Crippen molar-refractivity contribution in [2.45, 2.75) is 25.3 Å². The van der Waals surface area contributed by atoms with Crippen LogP contribution in [0.3, 0.4) is 0 Å². The number of nitrogens with one attached hydrogen (secondary N) is 2. The van der Waals surface area contributed by atoms with Crippen molar-refractivity contribution in [1.82, 2.24) is 15.5 Å². The number of carbonyl (C=O) groups excluding carboxylic acids is 2. The number of ether oxygens (including phenoxy) is 1. The summed E-state index contributed by atoms with van der Waals surface area (Å²) in [6, 6.07) is 13.6. The van der Waals surface area contributed by atoms with Gasteiger partial charge in [0.05, 0.1) is 18.2 Å². The predicted molar refractivity (Wildman–Crippen MR) is 113 cm³/mol. The van der Waals surface area contributed by atoms with E-state index in [9.17, 15) is 9.59 Å². The number of likely N-dealkylation sites (tertiary alicyclic amines) is 1. The Morgan fingerprint density at radius 3 is 2.79 bits per heavy atom. The summed E-state index contributed by atoms with van der Waals surface area (Å²) in [4.78, 5) is 28.4. The van der Waals surface area contributed by atoms with E-state index < -0.39 is 6.04 Å². The lowest BCUT2D eigenvalue weighted by atomic mass is 9.98. The zero-order chi connectivity index (χ0) is 20.2. The van der Waals surface area contributed by atoms with Crippen molar-refractivity contribution in [2.75, 3.05) is 26.2 Å². The lowest BCUT2D eigenvalue weighted by Crippen LogP contribution is -2.48. The number of urea groups is 1. The molecule has 1 saturated heterocycles. The van der Waals surface area contributed by atoms with Crippen LogP contribution in [0.15, 0.2) is 59.1 Å². The van der Waals surface area contributed by atoms with Gasteiger partial charge in [0.2, 0.25) is 0 Å². The summed E-state index contributed by atoms with van der Waals surface area (Å²) >= 11 is 1.52. The van der Waals surface area contributed by atoms with Gasteiger partial charge in [-0.15, -0.1) is 11.3 Å². The Balaban J connectivity index is 1.59. The molecule has 2 unspecified atom stereocenters. The number of carbonyl (C=O) groups is 2. The molecule has 1 aromatic carbocycles. The van der Waals surface area contributed by atoms with Crippen LogP contribution in [0.5, 0.6) is 0 Å². The highest BCUT2D eigenvalue weighted by Crippen LogP contribution is 2.32. The largest absolute Gasteiger partial charge is 0.463 e. The Bertz CT molecular complexity index is 895. The Labute approximate surface area is 174 Å². The van der Waals surface area contributed by atoms with Crippen LogP contribution in [0.1, 0.15) is 35.7 Å². The number of esters is 1. The lowest BCUT2D eigenvalue weighted by Gasteiger charge is -2.30. The molecule has 152 valence electrons. The maximum absolute atomic E-state index is 12.8. The summed E-state index contributed by atoms with van der Waals surface area (Å²) in [5.74, 6) is 0.0839. The molecule has 6 nitrogen and oxygen atoms in total. The van der Waals surface area contributed by atoms with Crippen LogP contribution in [-0.2, 0) is 9.53 Å². The standard InChI is InChI=1S/C22H25N3O3S/c1-2-28-21(26)19-17(23-22(27)24-20(19)18-9-6-12-29-18)14-25-11-10-16(13-25)15-7-4-3-5-8-15/h3-9,12,16,20H,2,10-11,13-14H2,1H3,(H2,23,24,27). The fraction of sp³-hybridized carbons (Fsp3) is 0.364. The molecule has 2 N–H and O–H groups in total. The lowest BCUT2D eigenvalue weighted by molar-refractivity contribution is -0.139. The van der Waals surface area contributed by atoms with Crippen LogP contribution in [0, 0.1) is 0 Å². The molecule has 1 aromatic heterocycles. The molecular weight excluding hydrogens is 386 g/mol. The van der Waals surface area contributed by atoms with Crippen molar-refractivity contribution in [3.63, 3.8) is 0 Å². The first kappa shape index (κ1) is 19.7. The van der Waals surface area contributed by atoms with E-state index in [0.29, 0.717) is 30.3 Å². The minimum atomic E-state index is -0.481. The van der Waals surface area contributed by atoms with Crippen LogP contribution < -0.4 is 10.6 Å². The van der Waals surface area contributed by atoms with E-state index in [1.165, 1.54) is 16.9 Å². The molecule has 0 bridgehead atoms. The Hall–Kier alpha value is -2.64. The summed E-state index contributed by atoms with van der Waals surface area (Å²) in [6.07, 6.45) is 1.06. The van der Waals surface area contributed by atoms with Crippen LogP contribution in [0.4, 0.5) is 4.79 Å². The predicted octanol–water partition coefficient (Wildman–Crippen LogP) is 3.41. The van der Waals surface area contributed by atoms with Crippen molar-refractivity contribution < 1.29 is 14.3 Å². The highest BCUT2D eigenvalue weighted by atomic mass is 32.1. The van der Waals surface area contributed by atoms with Crippen molar-refractivity contribution >= 4 is 23.3 Å². The molecule has 2 atom stereocenters. The van der Waals surface area contributed by atoms with Gasteiger partial charge >= 0.3 is 12.0 Å². The highest BCUT2D eigenvalue weighted by Gasteiger charge is 2.35. The van der Waals surface area contributed by atoms with Gasteiger partial charge < -0.3 is 15.4 Å². The average molecular weight is 412 g/mol. The molecule has 2 aliphatic heterocycles. The van der Waals surface area contributed by atoms with Crippen molar-refractivity contribution in [1.29, 1.82) is 0 Å². The molecule has 2 amide bonds. The number of hydrogen-bond donors (Lipinski definition) is 2. The fourth-order valence-corrected chi connectivity index (χ4v) is 4.84. The van der Waals surface area contributed by atoms with Crippen molar-refractivity contribution in [3.05, 3.63) is 69.6 Å². The fourth-order valence-electron chi connectivity index (χ4n) is 4.06. The minimum Gasteiger partial charge on any atom is -0.463 e. The van der Waals surface area contributed by atoms with Crippen LogP contribution in [0.25, 0.3) is 0 Å². The van der Waals surface area contributed by atoms with Gasteiger partial charge in [-0.1, -0.05) is 36.4 Å². The van der Waals surface area contributed by atoms with Crippen molar-refractivity contribution in [3.8, 4) is 0 Å². The summed E-state index contributed by atoms with van der Waals surface area (Å²) in [5, 5.41) is 7.69. The first-order chi connectivity index (χ1) is 14.2. The number of hydrogen-bond acceptors (Lipinski definition) is 5. The van der Waals surface area contributed by atoms with Gasteiger partial charge in [0.1, 0.15) is 0 Å². The van der Waals surface area contributed by atoms with Gasteiger partial charge in [-0.3, -0.25) is 4.90 Å². The van der Waals surface area contributed by atoms with E-state index in [1.807, 2.05) is 23.6 Å². The molecule has 3 heterocycles. The SMILES string of the molecule is CCOC(=O)C1=C(CN2CCC(c3ccccc3)C2)NC(=O)NC1c1cccs1. The summed E-state index contributed by atoms with van der Waals surface area (Å²) in [7, 11) is 0. The van der Waals surface area contributed by atoms with Crippen LogP contribution in [-0.4, -0.2) is 43.1 Å². The third kappa shape index (κ3) is 4.36. The van der Waals surface area contributed by atoms with Crippen molar-refractivity contribution in [2.24, 2.45) is 0 Å². The second kappa shape index (κ2) is 8.80. The Morgan fingerprint density at radius 2 is 2.07 bits per heavy atom. The maximum atomic E-state index is 12.8. The molecule has 2 aromatic rings. The van der Waals surface area contributed by atoms with E-state index in [4.69, 9.17) is 4.74 Å². The van der Waals surface area contributed by atoms with E-state index in [-0.39, 0.29) is 12.0 Å². The van der Waals surface area contributed by atoms with E-state index >= 15 is 0 Å². The number of amides is 2. The van der Waals surface area contributed by atoms with Gasteiger partial charge in [0.15, 0.2) is 0 Å². The molecule has 0 spiro atoms. The summed E-state index contributed by atoms with van der Waals surface area (Å²) in [5.41, 5.74) is 2.47. The molecule has 2 aliphatic rings. The second-order valence-electron chi connectivity index (χ2n) is 7.29. The smallest absolute Gasteiger partial charge is 0.338 e. The third-order valence-electron chi connectivity index (χ3n) is 5.40. The Kier molecular flexibility index (Phi) is 5.97. The molecule has 7 heteroatoms. The number of thiophene rings is 1. The molecule has 0 radical (unpaired) electrons. The summed E-state index contributed by atoms with van der Waals surface area (Å²) < 4.78 is 5.33. The number of nitrogens with zero attached hydrogens (tertiary/aromatic N) is 1. The first-order valence-corrected chi connectivity index (χ1v) is 10.8. The van der Waals surface area contributed by atoms with Gasteiger partial charge in [0.25, 0.3) is 0 Å². The molecular formula is C22H25N3O3S. The van der Waals surface area contributed by atoms with Gasteiger partial charge in [-0.05, 0) is 42.8 Å². The van der Waals surface area contributed by atoms with Crippen LogP contribution in [0.2, 0.25) is 0 Å². The Morgan fingerprint density at radius 1 is 1.24 bits per heavy atom. The van der Waals surface area contributed by atoms with Gasteiger partial charge in [0, 0.05) is 23.7 Å². The van der Waals surface area contributed by atoms with E-state index in [2.05, 4.69) is 39.8 Å². The van der Waals surface area contributed by atoms with Gasteiger partial charge in [-0.25, -0.2) is 9.59 Å². The quantitative estimate of drug-likeness (QED) is 0.715.